The van der Waals surface area contributed by atoms with Gasteiger partial charge in [0.1, 0.15) is 0 Å². The van der Waals surface area contributed by atoms with Crippen LogP contribution < -0.4 is 0 Å². The van der Waals surface area contributed by atoms with Crippen LogP contribution in [0.15, 0.2) is 73.0 Å². The number of nitrogens with zero attached hydrogens (tertiary/aromatic N) is 1. The fraction of sp³-hybridized carbons (Fsp3) is 0.222. The zero-order chi connectivity index (χ0) is 14.0. The molecule has 0 N–H and O–H groups in total. The van der Waals surface area contributed by atoms with Crippen molar-refractivity contribution in [1.82, 2.24) is 4.90 Å². The van der Waals surface area contributed by atoms with Gasteiger partial charge in [-0.1, -0.05) is 60.7 Å². The van der Waals surface area contributed by atoms with Crippen molar-refractivity contribution >= 4 is 12.4 Å². The van der Waals surface area contributed by atoms with Crippen LogP contribution in [0.2, 0.25) is 0 Å². The van der Waals surface area contributed by atoms with E-state index in [1.54, 1.807) is 0 Å². The highest BCUT2D eigenvalue weighted by atomic mass is 35.5. The van der Waals surface area contributed by atoms with Gasteiger partial charge in [-0.15, -0.1) is 12.4 Å². The standard InChI is InChI=1S/C18H19NO.ClH/c1-19(2)17-13-14-20-18(17,15-9-5-3-6-10-15)16-11-7-4-8-12-16;/h3-14,17H,1-2H3;1H. The minimum Gasteiger partial charge on any atom is -0.484 e. The molecule has 1 heterocycles. The van der Waals surface area contributed by atoms with Crippen molar-refractivity contribution in [1.29, 1.82) is 0 Å². The van der Waals surface area contributed by atoms with Gasteiger partial charge in [0.25, 0.3) is 0 Å². The Bertz CT molecular complexity index is 556. The third-order valence-corrected chi connectivity index (χ3v) is 3.89. The Morgan fingerprint density at radius 3 is 1.76 bits per heavy atom. The molecule has 0 amide bonds. The average molecular weight is 302 g/mol. The zero-order valence-electron chi connectivity index (χ0n) is 12.3. The van der Waals surface area contributed by atoms with Crippen LogP contribution in [0.3, 0.4) is 0 Å². The quantitative estimate of drug-likeness (QED) is 0.854. The summed E-state index contributed by atoms with van der Waals surface area (Å²) in [6.07, 6.45) is 3.95. The molecule has 0 bridgehead atoms. The normalized spacial score (nSPS) is 19.1. The summed E-state index contributed by atoms with van der Waals surface area (Å²) in [5.41, 5.74) is 1.89. The second kappa shape index (κ2) is 6.33. The van der Waals surface area contributed by atoms with E-state index in [9.17, 15) is 0 Å². The summed E-state index contributed by atoms with van der Waals surface area (Å²) in [6.45, 7) is 0. The first-order valence-corrected chi connectivity index (χ1v) is 6.87. The smallest absolute Gasteiger partial charge is 0.177 e. The van der Waals surface area contributed by atoms with Crippen LogP contribution in [0.25, 0.3) is 0 Å². The molecule has 3 heteroatoms. The average Bonchev–Trinajstić information content (AvgIpc) is 2.95. The van der Waals surface area contributed by atoms with Gasteiger partial charge >= 0.3 is 0 Å². The first-order valence-electron chi connectivity index (χ1n) is 6.87. The van der Waals surface area contributed by atoms with E-state index in [1.165, 1.54) is 11.1 Å². The summed E-state index contributed by atoms with van der Waals surface area (Å²) in [4.78, 5) is 2.20. The summed E-state index contributed by atoms with van der Waals surface area (Å²) < 4.78 is 6.16. The number of ether oxygens (including phenoxy) is 1. The molecule has 1 atom stereocenters. The molecule has 0 aromatic heterocycles. The first kappa shape index (κ1) is 15.6. The Morgan fingerprint density at radius 2 is 1.33 bits per heavy atom. The molecular weight excluding hydrogens is 282 g/mol. The van der Waals surface area contributed by atoms with E-state index in [0.717, 1.165) is 0 Å². The largest absolute Gasteiger partial charge is 0.484 e. The molecule has 1 aliphatic heterocycles. The van der Waals surface area contributed by atoms with Gasteiger partial charge in [0, 0.05) is 11.1 Å². The topological polar surface area (TPSA) is 12.5 Å². The van der Waals surface area contributed by atoms with E-state index in [1.807, 2.05) is 18.4 Å². The molecule has 2 nitrogen and oxygen atoms in total. The predicted molar refractivity (Wildman–Crippen MR) is 88.6 cm³/mol. The zero-order valence-corrected chi connectivity index (χ0v) is 13.1. The molecule has 21 heavy (non-hydrogen) atoms. The molecule has 110 valence electrons. The summed E-state index contributed by atoms with van der Waals surface area (Å²) >= 11 is 0. The van der Waals surface area contributed by atoms with Crippen molar-refractivity contribution in [3.8, 4) is 0 Å². The summed E-state index contributed by atoms with van der Waals surface area (Å²) in [5.74, 6) is 0. The van der Waals surface area contributed by atoms with Crippen LogP contribution in [0, 0.1) is 0 Å². The molecule has 3 rings (SSSR count). The number of hydrogen-bond acceptors (Lipinski definition) is 2. The summed E-state index contributed by atoms with van der Waals surface area (Å²) in [5, 5.41) is 0. The van der Waals surface area contributed by atoms with Gasteiger partial charge < -0.3 is 4.74 Å². The van der Waals surface area contributed by atoms with Crippen LogP contribution in [0.5, 0.6) is 0 Å². The third kappa shape index (κ3) is 2.57. The highest BCUT2D eigenvalue weighted by molar-refractivity contribution is 5.85. The Hall–Kier alpha value is -1.77. The molecule has 1 unspecified atom stereocenters. The van der Waals surface area contributed by atoms with Crippen molar-refractivity contribution in [2.45, 2.75) is 11.6 Å². The van der Waals surface area contributed by atoms with Crippen molar-refractivity contribution in [3.05, 3.63) is 84.1 Å². The minimum absolute atomic E-state index is 0. The van der Waals surface area contributed by atoms with E-state index in [-0.39, 0.29) is 18.4 Å². The van der Waals surface area contributed by atoms with E-state index in [2.05, 4.69) is 73.6 Å². The van der Waals surface area contributed by atoms with Gasteiger partial charge in [-0.25, -0.2) is 0 Å². The van der Waals surface area contributed by atoms with Gasteiger partial charge in [0.2, 0.25) is 0 Å². The first-order chi connectivity index (χ1) is 9.75. The maximum Gasteiger partial charge on any atom is 0.177 e. The molecule has 2 aromatic rings. The summed E-state index contributed by atoms with van der Waals surface area (Å²) in [7, 11) is 4.18. The van der Waals surface area contributed by atoms with Gasteiger partial charge in [-0.3, -0.25) is 4.90 Å². The number of halogens is 1. The van der Waals surface area contributed by atoms with Gasteiger partial charge in [0.15, 0.2) is 5.60 Å². The van der Waals surface area contributed by atoms with Gasteiger partial charge in [-0.05, 0) is 20.2 Å². The lowest BCUT2D eigenvalue weighted by Crippen LogP contribution is -2.46. The fourth-order valence-corrected chi connectivity index (χ4v) is 2.98. The number of rotatable bonds is 3. The summed E-state index contributed by atoms with van der Waals surface area (Å²) in [6, 6.07) is 21.0. The van der Waals surface area contributed by atoms with Crippen LogP contribution in [0.1, 0.15) is 11.1 Å². The lowest BCUT2D eigenvalue weighted by molar-refractivity contribution is 0.0283. The maximum absolute atomic E-state index is 6.16. The monoisotopic (exact) mass is 301 g/mol. The molecule has 0 radical (unpaired) electrons. The Morgan fingerprint density at radius 1 is 0.857 bits per heavy atom. The lowest BCUT2D eigenvalue weighted by atomic mass is 9.80. The molecule has 0 spiro atoms. The Kier molecular flexibility index (Phi) is 4.71. The van der Waals surface area contributed by atoms with Crippen LogP contribution in [-0.4, -0.2) is 25.0 Å². The molecular formula is C18H20ClNO. The van der Waals surface area contributed by atoms with E-state index in [4.69, 9.17) is 4.74 Å². The predicted octanol–water partition coefficient (Wildman–Crippen LogP) is 3.83. The molecule has 1 aliphatic rings. The van der Waals surface area contributed by atoms with Crippen molar-refractivity contribution in [2.24, 2.45) is 0 Å². The number of hydrogen-bond donors (Lipinski definition) is 0. The Labute approximate surface area is 132 Å². The molecule has 0 saturated carbocycles. The molecule has 2 aromatic carbocycles. The molecule has 0 fully saturated rings. The van der Waals surface area contributed by atoms with E-state index in [0.29, 0.717) is 0 Å². The van der Waals surface area contributed by atoms with Crippen molar-refractivity contribution in [3.63, 3.8) is 0 Å². The SMILES string of the molecule is CN(C)C1C=COC1(c1ccccc1)c1ccccc1.Cl. The highest BCUT2D eigenvalue weighted by Crippen LogP contribution is 2.42. The number of benzene rings is 2. The highest BCUT2D eigenvalue weighted by Gasteiger charge is 2.46. The molecule has 0 saturated heterocycles. The lowest BCUT2D eigenvalue weighted by Gasteiger charge is -2.38. The van der Waals surface area contributed by atoms with Crippen LogP contribution in [0.4, 0.5) is 0 Å². The van der Waals surface area contributed by atoms with E-state index >= 15 is 0 Å². The minimum atomic E-state index is -0.466. The van der Waals surface area contributed by atoms with Gasteiger partial charge in [0.05, 0.1) is 12.3 Å². The van der Waals surface area contributed by atoms with Crippen molar-refractivity contribution < 1.29 is 4.74 Å². The van der Waals surface area contributed by atoms with Crippen molar-refractivity contribution in [2.75, 3.05) is 14.1 Å². The third-order valence-electron chi connectivity index (χ3n) is 3.89. The van der Waals surface area contributed by atoms with Crippen LogP contribution in [-0.2, 0) is 10.3 Å². The molecule has 0 aliphatic carbocycles. The second-order valence-corrected chi connectivity index (χ2v) is 5.32. The maximum atomic E-state index is 6.16. The number of likely N-dealkylation sites (N-methyl/N-ethyl adjacent to an activating group) is 1. The van der Waals surface area contributed by atoms with Gasteiger partial charge in [-0.2, -0.15) is 0 Å². The second-order valence-electron chi connectivity index (χ2n) is 5.32. The van der Waals surface area contributed by atoms with Crippen LogP contribution >= 0.6 is 12.4 Å². The fourth-order valence-electron chi connectivity index (χ4n) is 2.98. The van der Waals surface area contributed by atoms with E-state index < -0.39 is 5.60 Å². The Balaban J connectivity index is 0.00000161.